The average Bonchev–Trinajstić information content (AvgIpc) is 3.25. The normalized spacial score (nSPS) is 19.9. The SMILES string of the molecule is Nc1ccc(N2CCC(N(C(=O)O)C3CC3)CC2)cc1. The predicted octanol–water partition coefficient (Wildman–Crippen LogP) is 2.38. The van der Waals surface area contributed by atoms with Crippen LogP contribution < -0.4 is 10.6 Å². The van der Waals surface area contributed by atoms with Gasteiger partial charge in [-0.2, -0.15) is 0 Å². The Hall–Kier alpha value is -1.91. The average molecular weight is 275 g/mol. The largest absolute Gasteiger partial charge is 0.465 e. The molecule has 0 aromatic heterocycles. The van der Waals surface area contributed by atoms with E-state index in [0.29, 0.717) is 0 Å². The van der Waals surface area contributed by atoms with E-state index >= 15 is 0 Å². The Morgan fingerprint density at radius 1 is 1.10 bits per heavy atom. The molecule has 0 bridgehead atoms. The first-order valence-electron chi connectivity index (χ1n) is 7.27. The zero-order valence-electron chi connectivity index (χ0n) is 11.5. The molecule has 2 fully saturated rings. The molecule has 3 rings (SSSR count). The highest BCUT2D eigenvalue weighted by atomic mass is 16.4. The lowest BCUT2D eigenvalue weighted by atomic mass is 10.0. The summed E-state index contributed by atoms with van der Waals surface area (Å²) in [5.74, 6) is 0. The van der Waals surface area contributed by atoms with Gasteiger partial charge in [0.25, 0.3) is 0 Å². The number of nitrogens with zero attached hydrogens (tertiary/aromatic N) is 2. The maximum absolute atomic E-state index is 11.4. The van der Waals surface area contributed by atoms with Crippen molar-refractivity contribution in [2.75, 3.05) is 23.7 Å². The topological polar surface area (TPSA) is 69.8 Å². The number of anilines is 2. The zero-order valence-corrected chi connectivity index (χ0v) is 11.5. The van der Waals surface area contributed by atoms with E-state index in [4.69, 9.17) is 5.73 Å². The van der Waals surface area contributed by atoms with Crippen LogP contribution in [0.2, 0.25) is 0 Å². The lowest BCUT2D eigenvalue weighted by Gasteiger charge is -2.38. The van der Waals surface area contributed by atoms with Gasteiger partial charge < -0.3 is 20.6 Å². The fourth-order valence-electron chi connectivity index (χ4n) is 3.05. The third kappa shape index (κ3) is 2.66. The van der Waals surface area contributed by atoms with E-state index in [1.165, 1.54) is 5.69 Å². The number of amides is 1. The number of hydrogen-bond acceptors (Lipinski definition) is 3. The Morgan fingerprint density at radius 2 is 1.65 bits per heavy atom. The van der Waals surface area contributed by atoms with Gasteiger partial charge in [0.2, 0.25) is 0 Å². The van der Waals surface area contributed by atoms with Crippen molar-refractivity contribution in [1.29, 1.82) is 0 Å². The number of nitrogen functional groups attached to an aromatic ring is 1. The molecule has 1 aliphatic carbocycles. The molecule has 3 N–H and O–H groups in total. The van der Waals surface area contributed by atoms with E-state index in [0.717, 1.165) is 44.5 Å². The van der Waals surface area contributed by atoms with Crippen LogP contribution in [0, 0.1) is 0 Å². The minimum atomic E-state index is -0.751. The van der Waals surface area contributed by atoms with Crippen LogP contribution in [-0.2, 0) is 0 Å². The lowest BCUT2D eigenvalue weighted by Crippen LogP contribution is -2.48. The van der Waals surface area contributed by atoms with Gasteiger partial charge in [0.05, 0.1) is 0 Å². The van der Waals surface area contributed by atoms with E-state index < -0.39 is 6.09 Å². The first-order chi connectivity index (χ1) is 9.65. The highest BCUT2D eigenvalue weighted by Crippen LogP contribution is 2.32. The molecule has 0 radical (unpaired) electrons. The Bertz CT molecular complexity index is 476. The van der Waals surface area contributed by atoms with Crippen molar-refractivity contribution in [3.05, 3.63) is 24.3 Å². The molecule has 1 amide bonds. The van der Waals surface area contributed by atoms with E-state index in [1.54, 1.807) is 4.90 Å². The van der Waals surface area contributed by atoms with Crippen LogP contribution in [-0.4, -0.2) is 41.3 Å². The molecular weight excluding hydrogens is 254 g/mol. The second kappa shape index (κ2) is 5.23. The van der Waals surface area contributed by atoms with Crippen LogP contribution in [0.25, 0.3) is 0 Å². The molecule has 0 atom stereocenters. The number of nitrogens with two attached hydrogens (primary N) is 1. The molecule has 1 aromatic carbocycles. The van der Waals surface area contributed by atoms with E-state index in [9.17, 15) is 9.90 Å². The van der Waals surface area contributed by atoms with E-state index in [1.807, 2.05) is 24.3 Å². The third-order valence-corrected chi connectivity index (χ3v) is 4.28. The minimum absolute atomic E-state index is 0.185. The zero-order chi connectivity index (χ0) is 14.1. The Morgan fingerprint density at radius 3 is 2.15 bits per heavy atom. The van der Waals surface area contributed by atoms with E-state index in [2.05, 4.69) is 4.90 Å². The van der Waals surface area contributed by atoms with Crippen molar-refractivity contribution >= 4 is 17.5 Å². The van der Waals surface area contributed by atoms with Crippen molar-refractivity contribution < 1.29 is 9.90 Å². The highest BCUT2D eigenvalue weighted by molar-refractivity contribution is 5.66. The van der Waals surface area contributed by atoms with Crippen LogP contribution in [0.4, 0.5) is 16.2 Å². The number of hydrogen-bond donors (Lipinski definition) is 2. The van der Waals surface area contributed by atoms with Gasteiger partial charge in [-0.1, -0.05) is 0 Å². The molecule has 1 heterocycles. The number of carboxylic acid groups (broad SMARTS) is 1. The van der Waals surface area contributed by atoms with E-state index in [-0.39, 0.29) is 12.1 Å². The Labute approximate surface area is 119 Å². The monoisotopic (exact) mass is 275 g/mol. The smallest absolute Gasteiger partial charge is 0.407 e. The summed E-state index contributed by atoms with van der Waals surface area (Å²) in [5.41, 5.74) is 7.65. The number of benzene rings is 1. The maximum Gasteiger partial charge on any atom is 0.407 e. The third-order valence-electron chi connectivity index (χ3n) is 4.28. The molecule has 5 nitrogen and oxygen atoms in total. The molecule has 0 unspecified atom stereocenters. The highest BCUT2D eigenvalue weighted by Gasteiger charge is 2.38. The number of rotatable bonds is 3. The van der Waals surface area contributed by atoms with Crippen LogP contribution in [0.3, 0.4) is 0 Å². The van der Waals surface area contributed by atoms with Crippen molar-refractivity contribution in [2.45, 2.75) is 37.8 Å². The van der Waals surface area contributed by atoms with Crippen LogP contribution in [0.5, 0.6) is 0 Å². The van der Waals surface area contributed by atoms with Gasteiger partial charge in [0.15, 0.2) is 0 Å². The van der Waals surface area contributed by atoms with Gasteiger partial charge in [0.1, 0.15) is 0 Å². The summed E-state index contributed by atoms with van der Waals surface area (Å²) < 4.78 is 0. The van der Waals surface area contributed by atoms with Gasteiger partial charge in [-0.25, -0.2) is 4.79 Å². The molecule has 108 valence electrons. The van der Waals surface area contributed by atoms with Crippen molar-refractivity contribution in [3.8, 4) is 0 Å². The summed E-state index contributed by atoms with van der Waals surface area (Å²) in [4.78, 5) is 15.4. The predicted molar refractivity (Wildman–Crippen MR) is 79.0 cm³/mol. The fraction of sp³-hybridized carbons (Fsp3) is 0.533. The van der Waals surface area contributed by atoms with Crippen molar-refractivity contribution in [2.24, 2.45) is 0 Å². The molecule has 1 aliphatic heterocycles. The Kier molecular flexibility index (Phi) is 3.42. The van der Waals surface area contributed by atoms with Gasteiger partial charge >= 0.3 is 6.09 Å². The van der Waals surface area contributed by atoms with Gasteiger partial charge in [0, 0.05) is 36.5 Å². The van der Waals surface area contributed by atoms with Crippen molar-refractivity contribution in [1.82, 2.24) is 4.90 Å². The molecule has 20 heavy (non-hydrogen) atoms. The molecular formula is C15H21N3O2. The first-order valence-corrected chi connectivity index (χ1v) is 7.27. The standard InChI is InChI=1S/C15H21N3O2/c16-11-1-3-12(4-2-11)17-9-7-14(8-10-17)18(15(19)20)13-5-6-13/h1-4,13-14H,5-10,16H2,(H,19,20). The maximum atomic E-state index is 11.4. The molecule has 1 saturated carbocycles. The summed E-state index contributed by atoms with van der Waals surface area (Å²) in [6.07, 6.45) is 3.13. The number of carbonyl (C=O) groups is 1. The number of piperidine rings is 1. The quantitative estimate of drug-likeness (QED) is 0.831. The van der Waals surface area contributed by atoms with Crippen LogP contribution in [0.15, 0.2) is 24.3 Å². The van der Waals surface area contributed by atoms with Crippen LogP contribution >= 0.6 is 0 Å². The summed E-state index contributed by atoms with van der Waals surface area (Å²) in [7, 11) is 0. The van der Waals surface area contributed by atoms with Gasteiger partial charge in [-0.05, 0) is 49.9 Å². The molecule has 1 saturated heterocycles. The molecule has 2 aliphatic rings. The molecule has 0 spiro atoms. The van der Waals surface area contributed by atoms with Crippen molar-refractivity contribution in [3.63, 3.8) is 0 Å². The fourth-order valence-corrected chi connectivity index (χ4v) is 3.05. The lowest BCUT2D eigenvalue weighted by molar-refractivity contribution is 0.111. The van der Waals surface area contributed by atoms with Gasteiger partial charge in [-0.3, -0.25) is 0 Å². The molecule has 1 aromatic rings. The molecule has 5 heteroatoms. The second-order valence-electron chi connectivity index (χ2n) is 5.73. The second-order valence-corrected chi connectivity index (χ2v) is 5.73. The summed E-state index contributed by atoms with van der Waals surface area (Å²) >= 11 is 0. The first kappa shape index (κ1) is 13.1. The summed E-state index contributed by atoms with van der Waals surface area (Å²) in [6.45, 7) is 1.82. The summed E-state index contributed by atoms with van der Waals surface area (Å²) in [6, 6.07) is 8.35. The summed E-state index contributed by atoms with van der Waals surface area (Å²) in [5, 5.41) is 9.35. The van der Waals surface area contributed by atoms with Crippen LogP contribution in [0.1, 0.15) is 25.7 Å². The minimum Gasteiger partial charge on any atom is -0.465 e. The Balaban J connectivity index is 1.61. The van der Waals surface area contributed by atoms with Gasteiger partial charge in [-0.15, -0.1) is 0 Å².